The number of likely N-dealkylation sites (tertiary alicyclic amines) is 1. The molecule has 0 bridgehead atoms. The molecule has 3 atom stereocenters. The van der Waals surface area contributed by atoms with Crippen molar-refractivity contribution >= 4 is 12.0 Å². The smallest absolute Gasteiger partial charge is 0.326 e. The second-order valence-corrected chi connectivity index (χ2v) is 6.17. The van der Waals surface area contributed by atoms with Crippen molar-refractivity contribution in [2.24, 2.45) is 11.8 Å². The molecule has 2 amide bonds. The topological polar surface area (TPSA) is 81.7 Å². The van der Waals surface area contributed by atoms with Crippen molar-refractivity contribution in [3.8, 4) is 0 Å². The zero-order valence-electron chi connectivity index (χ0n) is 13.4. The summed E-state index contributed by atoms with van der Waals surface area (Å²) in [5.41, 5.74) is 0. The third-order valence-electron chi connectivity index (χ3n) is 4.15. The number of carboxylic acid groups (broad SMARTS) is 1. The van der Waals surface area contributed by atoms with Crippen LogP contribution in [0, 0.1) is 11.8 Å². The van der Waals surface area contributed by atoms with Crippen LogP contribution in [0.15, 0.2) is 0 Å². The van der Waals surface area contributed by atoms with E-state index < -0.39 is 18.0 Å². The molecule has 0 aliphatic carbocycles. The minimum absolute atomic E-state index is 0.0877. The number of hydrogen-bond donors (Lipinski definition) is 3. The van der Waals surface area contributed by atoms with Gasteiger partial charge in [-0.05, 0) is 37.8 Å². The van der Waals surface area contributed by atoms with E-state index in [2.05, 4.69) is 22.5 Å². The number of carbonyl (C=O) groups excluding carboxylic acids is 1. The van der Waals surface area contributed by atoms with E-state index in [1.807, 2.05) is 13.8 Å². The number of nitrogens with one attached hydrogen (secondary N) is 2. The van der Waals surface area contributed by atoms with Crippen LogP contribution < -0.4 is 10.6 Å². The third kappa shape index (κ3) is 6.33. The number of amides is 2. The summed E-state index contributed by atoms with van der Waals surface area (Å²) in [6.07, 6.45) is 3.23. The monoisotopic (exact) mass is 299 g/mol. The van der Waals surface area contributed by atoms with E-state index in [4.69, 9.17) is 5.11 Å². The summed E-state index contributed by atoms with van der Waals surface area (Å²) < 4.78 is 0. The van der Waals surface area contributed by atoms with E-state index in [0.29, 0.717) is 18.9 Å². The van der Waals surface area contributed by atoms with Gasteiger partial charge in [0.1, 0.15) is 6.04 Å². The Kier molecular flexibility index (Phi) is 7.50. The molecule has 1 unspecified atom stereocenters. The Morgan fingerprint density at radius 3 is 2.38 bits per heavy atom. The van der Waals surface area contributed by atoms with Gasteiger partial charge in [-0.3, -0.25) is 0 Å². The van der Waals surface area contributed by atoms with Crippen LogP contribution in [-0.2, 0) is 4.79 Å². The van der Waals surface area contributed by atoms with Gasteiger partial charge in [-0.1, -0.05) is 27.2 Å². The molecule has 6 nitrogen and oxygen atoms in total. The first kappa shape index (κ1) is 17.8. The van der Waals surface area contributed by atoms with Gasteiger partial charge in [0.15, 0.2) is 0 Å². The minimum Gasteiger partial charge on any atom is -0.480 e. The van der Waals surface area contributed by atoms with Gasteiger partial charge in [-0.25, -0.2) is 9.59 Å². The van der Waals surface area contributed by atoms with Crippen LogP contribution in [0.25, 0.3) is 0 Å². The number of urea groups is 1. The maximum absolute atomic E-state index is 11.8. The Morgan fingerprint density at radius 2 is 1.86 bits per heavy atom. The van der Waals surface area contributed by atoms with Crippen LogP contribution in [0.1, 0.15) is 40.0 Å². The standard InChI is InChI=1S/C15H29N3O3/c1-4-12(3)13(14(19)20)17-15(21)16-9-11(2)10-18-7-5-6-8-18/h11-13H,4-10H2,1-3H3,(H,19,20)(H2,16,17,21)/t11?,12-,13-/m0/s1. The van der Waals surface area contributed by atoms with E-state index in [-0.39, 0.29) is 5.92 Å². The highest BCUT2D eigenvalue weighted by Crippen LogP contribution is 2.10. The fourth-order valence-electron chi connectivity index (χ4n) is 2.61. The number of aliphatic carboxylic acids is 1. The highest BCUT2D eigenvalue weighted by Gasteiger charge is 2.25. The van der Waals surface area contributed by atoms with E-state index in [9.17, 15) is 9.59 Å². The molecular weight excluding hydrogens is 270 g/mol. The fraction of sp³-hybridized carbons (Fsp3) is 0.867. The number of carbonyl (C=O) groups is 2. The average molecular weight is 299 g/mol. The van der Waals surface area contributed by atoms with Crippen LogP contribution in [0.5, 0.6) is 0 Å². The molecule has 0 radical (unpaired) electrons. The second-order valence-electron chi connectivity index (χ2n) is 6.17. The molecule has 3 N–H and O–H groups in total. The van der Waals surface area contributed by atoms with Crippen molar-refractivity contribution < 1.29 is 14.7 Å². The summed E-state index contributed by atoms with van der Waals surface area (Å²) in [6.45, 7) is 9.68. The van der Waals surface area contributed by atoms with Gasteiger partial charge < -0.3 is 20.6 Å². The molecule has 1 aliphatic rings. The summed E-state index contributed by atoms with van der Waals surface area (Å²) >= 11 is 0. The van der Waals surface area contributed by atoms with Crippen molar-refractivity contribution in [1.29, 1.82) is 0 Å². The van der Waals surface area contributed by atoms with Crippen molar-refractivity contribution in [2.45, 2.75) is 46.1 Å². The lowest BCUT2D eigenvalue weighted by Gasteiger charge is -2.23. The number of hydrogen-bond acceptors (Lipinski definition) is 3. The van der Waals surface area contributed by atoms with Crippen molar-refractivity contribution in [1.82, 2.24) is 15.5 Å². The van der Waals surface area contributed by atoms with Crippen LogP contribution in [0.2, 0.25) is 0 Å². The highest BCUT2D eigenvalue weighted by atomic mass is 16.4. The number of nitrogens with zero attached hydrogens (tertiary/aromatic N) is 1. The quantitative estimate of drug-likeness (QED) is 0.634. The summed E-state index contributed by atoms with van der Waals surface area (Å²) in [5, 5.41) is 14.5. The van der Waals surface area contributed by atoms with Crippen LogP contribution in [-0.4, -0.2) is 54.2 Å². The van der Waals surface area contributed by atoms with Gasteiger partial charge in [0.05, 0.1) is 0 Å². The summed E-state index contributed by atoms with van der Waals surface area (Å²) in [4.78, 5) is 25.4. The Morgan fingerprint density at radius 1 is 1.24 bits per heavy atom. The van der Waals surface area contributed by atoms with Crippen molar-refractivity contribution in [3.63, 3.8) is 0 Å². The van der Waals surface area contributed by atoms with Gasteiger partial charge in [0, 0.05) is 13.1 Å². The fourth-order valence-corrected chi connectivity index (χ4v) is 2.61. The summed E-state index contributed by atoms with van der Waals surface area (Å²) in [7, 11) is 0. The SMILES string of the molecule is CC[C@H](C)[C@H](NC(=O)NCC(C)CN1CCCC1)C(=O)O. The van der Waals surface area contributed by atoms with E-state index in [0.717, 1.165) is 19.6 Å². The third-order valence-corrected chi connectivity index (χ3v) is 4.15. The Labute approximate surface area is 127 Å². The Balaban J connectivity index is 2.29. The summed E-state index contributed by atoms with van der Waals surface area (Å²) in [6, 6.07) is -1.22. The molecule has 0 aromatic heterocycles. The molecular formula is C15H29N3O3. The van der Waals surface area contributed by atoms with E-state index >= 15 is 0 Å². The predicted molar refractivity (Wildman–Crippen MR) is 82.3 cm³/mol. The first-order valence-electron chi connectivity index (χ1n) is 7.93. The maximum Gasteiger partial charge on any atom is 0.326 e. The molecule has 1 fully saturated rings. The molecule has 122 valence electrons. The molecule has 0 saturated carbocycles. The van der Waals surface area contributed by atoms with Crippen LogP contribution >= 0.6 is 0 Å². The molecule has 1 heterocycles. The molecule has 0 aromatic rings. The normalized spacial score (nSPS) is 19.8. The predicted octanol–water partition coefficient (Wildman–Crippen LogP) is 1.52. The zero-order chi connectivity index (χ0) is 15.8. The van der Waals surface area contributed by atoms with Gasteiger partial charge in [0.2, 0.25) is 0 Å². The second kappa shape index (κ2) is 8.87. The maximum atomic E-state index is 11.8. The lowest BCUT2D eigenvalue weighted by molar-refractivity contribution is -0.140. The molecule has 21 heavy (non-hydrogen) atoms. The highest BCUT2D eigenvalue weighted by molar-refractivity contribution is 5.82. The lowest BCUT2D eigenvalue weighted by atomic mass is 9.99. The first-order valence-corrected chi connectivity index (χ1v) is 7.93. The molecule has 6 heteroatoms. The molecule has 1 saturated heterocycles. The van der Waals surface area contributed by atoms with Gasteiger partial charge in [-0.2, -0.15) is 0 Å². The Hall–Kier alpha value is -1.30. The summed E-state index contributed by atoms with van der Waals surface area (Å²) in [5.74, 6) is -0.708. The number of rotatable bonds is 8. The minimum atomic E-state index is -0.982. The number of carboxylic acids is 1. The van der Waals surface area contributed by atoms with Gasteiger partial charge >= 0.3 is 12.0 Å². The van der Waals surface area contributed by atoms with Crippen molar-refractivity contribution in [2.75, 3.05) is 26.2 Å². The first-order chi connectivity index (χ1) is 9.93. The average Bonchev–Trinajstić information content (AvgIpc) is 2.94. The largest absolute Gasteiger partial charge is 0.480 e. The zero-order valence-corrected chi connectivity index (χ0v) is 13.4. The van der Waals surface area contributed by atoms with Gasteiger partial charge in [-0.15, -0.1) is 0 Å². The molecule has 1 aliphatic heterocycles. The Bertz CT molecular complexity index is 343. The van der Waals surface area contributed by atoms with Gasteiger partial charge in [0.25, 0.3) is 0 Å². The van der Waals surface area contributed by atoms with E-state index in [1.54, 1.807) is 0 Å². The molecule has 0 spiro atoms. The van der Waals surface area contributed by atoms with Crippen LogP contribution in [0.4, 0.5) is 4.79 Å². The molecule has 0 aromatic carbocycles. The van der Waals surface area contributed by atoms with E-state index in [1.165, 1.54) is 12.8 Å². The molecule has 1 rings (SSSR count). The lowest BCUT2D eigenvalue weighted by Crippen LogP contribution is -2.50. The van der Waals surface area contributed by atoms with Crippen LogP contribution in [0.3, 0.4) is 0 Å². The van der Waals surface area contributed by atoms with Crippen molar-refractivity contribution in [3.05, 3.63) is 0 Å².